The number of benzene rings is 1. The van der Waals surface area contributed by atoms with Gasteiger partial charge in [-0.1, -0.05) is 28.8 Å². The van der Waals surface area contributed by atoms with Crippen molar-refractivity contribution in [1.82, 2.24) is 4.90 Å². The van der Waals surface area contributed by atoms with Crippen LogP contribution in [-0.4, -0.2) is 30.0 Å². The maximum absolute atomic E-state index is 13.3. The number of likely N-dealkylation sites (tertiary alicyclic amines) is 1. The van der Waals surface area contributed by atoms with Crippen LogP contribution in [0.4, 0.5) is 4.39 Å². The Labute approximate surface area is 127 Å². The van der Waals surface area contributed by atoms with Crippen molar-refractivity contribution in [3.8, 4) is 5.75 Å². The number of nitrogens with zero attached hydrogens (tertiary/aromatic N) is 1. The zero-order chi connectivity index (χ0) is 14.5. The molecule has 0 saturated carbocycles. The van der Waals surface area contributed by atoms with Gasteiger partial charge in [0.1, 0.15) is 11.6 Å². The van der Waals surface area contributed by atoms with Crippen molar-refractivity contribution >= 4 is 21.8 Å². The molecule has 1 heterocycles. The van der Waals surface area contributed by atoms with E-state index >= 15 is 0 Å². The average molecular weight is 344 g/mol. The zero-order valence-corrected chi connectivity index (χ0v) is 13.2. The minimum absolute atomic E-state index is 0.0210. The molecule has 2 rings (SSSR count). The van der Waals surface area contributed by atoms with Gasteiger partial charge in [0.05, 0.1) is 0 Å². The molecule has 1 atom stereocenters. The Morgan fingerprint density at radius 3 is 2.50 bits per heavy atom. The van der Waals surface area contributed by atoms with Crippen molar-refractivity contribution in [2.45, 2.75) is 38.7 Å². The molecule has 20 heavy (non-hydrogen) atoms. The summed E-state index contributed by atoms with van der Waals surface area (Å²) in [5.74, 6) is -0.0383. The molecule has 5 heteroatoms. The van der Waals surface area contributed by atoms with Crippen LogP contribution in [0.25, 0.3) is 0 Å². The molecular weight excluding hydrogens is 325 g/mol. The molecule has 1 aromatic rings. The van der Waals surface area contributed by atoms with Gasteiger partial charge in [0.25, 0.3) is 5.91 Å². The van der Waals surface area contributed by atoms with Gasteiger partial charge >= 0.3 is 0 Å². The van der Waals surface area contributed by atoms with E-state index in [0.717, 1.165) is 25.9 Å². The minimum atomic E-state index is -0.596. The van der Waals surface area contributed by atoms with Crippen LogP contribution in [-0.2, 0) is 4.79 Å². The smallest absolute Gasteiger partial charge is 0.263 e. The number of rotatable bonds is 3. The highest BCUT2D eigenvalue weighted by Gasteiger charge is 2.23. The molecule has 1 aliphatic rings. The molecule has 0 radical (unpaired) electrons. The fourth-order valence-electron chi connectivity index (χ4n) is 2.40. The maximum atomic E-state index is 13.3. The Hall–Kier alpha value is -1.10. The molecule has 0 aromatic heterocycles. The van der Waals surface area contributed by atoms with Gasteiger partial charge in [-0.05, 0) is 31.9 Å². The summed E-state index contributed by atoms with van der Waals surface area (Å²) >= 11 is 3.21. The summed E-state index contributed by atoms with van der Waals surface area (Å²) in [7, 11) is 0. The molecule has 110 valence electrons. The van der Waals surface area contributed by atoms with Crippen LogP contribution in [0.5, 0.6) is 5.75 Å². The van der Waals surface area contributed by atoms with Gasteiger partial charge in [-0.15, -0.1) is 0 Å². The van der Waals surface area contributed by atoms with Gasteiger partial charge in [0, 0.05) is 23.6 Å². The van der Waals surface area contributed by atoms with Crippen molar-refractivity contribution < 1.29 is 13.9 Å². The van der Waals surface area contributed by atoms with Crippen LogP contribution in [0.2, 0.25) is 0 Å². The fourth-order valence-corrected chi connectivity index (χ4v) is 2.84. The van der Waals surface area contributed by atoms with Crippen molar-refractivity contribution in [2.24, 2.45) is 0 Å². The first-order chi connectivity index (χ1) is 9.56. The van der Waals surface area contributed by atoms with Crippen LogP contribution < -0.4 is 4.74 Å². The number of carbonyl (C=O) groups excluding carboxylic acids is 1. The monoisotopic (exact) mass is 343 g/mol. The first-order valence-electron chi connectivity index (χ1n) is 6.98. The molecule has 1 amide bonds. The Bertz CT molecular complexity index is 453. The van der Waals surface area contributed by atoms with E-state index < -0.39 is 6.10 Å². The predicted octanol–water partition coefficient (Wildman–Crippen LogP) is 3.76. The van der Waals surface area contributed by atoms with Gasteiger partial charge in [-0.25, -0.2) is 4.39 Å². The van der Waals surface area contributed by atoms with Gasteiger partial charge in [-0.2, -0.15) is 0 Å². The number of hydrogen-bond acceptors (Lipinski definition) is 2. The second-order valence-electron chi connectivity index (χ2n) is 5.10. The van der Waals surface area contributed by atoms with Gasteiger partial charge in [0.15, 0.2) is 6.10 Å². The average Bonchev–Trinajstić information content (AvgIpc) is 2.65. The Morgan fingerprint density at radius 1 is 1.25 bits per heavy atom. The highest BCUT2D eigenvalue weighted by atomic mass is 79.9. The topological polar surface area (TPSA) is 29.5 Å². The lowest BCUT2D eigenvalue weighted by Gasteiger charge is -2.24. The van der Waals surface area contributed by atoms with E-state index in [1.165, 1.54) is 25.0 Å². The predicted molar refractivity (Wildman–Crippen MR) is 79.2 cm³/mol. The van der Waals surface area contributed by atoms with Gasteiger partial charge < -0.3 is 9.64 Å². The number of halogens is 2. The zero-order valence-electron chi connectivity index (χ0n) is 11.6. The maximum Gasteiger partial charge on any atom is 0.263 e. The number of carbonyl (C=O) groups is 1. The van der Waals surface area contributed by atoms with Crippen molar-refractivity contribution in [1.29, 1.82) is 0 Å². The van der Waals surface area contributed by atoms with Gasteiger partial charge in [-0.3, -0.25) is 4.79 Å². The van der Waals surface area contributed by atoms with Crippen LogP contribution in [0.3, 0.4) is 0 Å². The van der Waals surface area contributed by atoms with E-state index in [-0.39, 0.29) is 11.7 Å². The van der Waals surface area contributed by atoms with E-state index in [2.05, 4.69) is 15.9 Å². The fraction of sp³-hybridized carbons (Fsp3) is 0.533. The molecule has 0 aliphatic carbocycles. The van der Waals surface area contributed by atoms with Crippen LogP contribution in [0, 0.1) is 5.82 Å². The summed E-state index contributed by atoms with van der Waals surface area (Å²) in [5, 5.41) is 0. The molecule has 1 saturated heterocycles. The Morgan fingerprint density at radius 2 is 1.90 bits per heavy atom. The summed E-state index contributed by atoms with van der Waals surface area (Å²) in [6.07, 6.45) is 3.85. The molecule has 1 aromatic carbocycles. The molecule has 3 nitrogen and oxygen atoms in total. The van der Waals surface area contributed by atoms with E-state index in [4.69, 9.17) is 4.74 Å². The summed E-state index contributed by atoms with van der Waals surface area (Å²) in [5.41, 5.74) is 0. The SMILES string of the molecule is CC(Oc1cc(F)cc(Br)c1)C(=O)N1CCCCCC1. The Balaban J connectivity index is 1.99. The molecular formula is C15H19BrFNO2. The number of amides is 1. The third-order valence-corrected chi connectivity index (χ3v) is 3.87. The van der Waals surface area contributed by atoms with E-state index in [1.807, 2.05) is 4.90 Å². The Kier molecular flexibility index (Phi) is 5.40. The molecule has 1 fully saturated rings. The van der Waals surface area contributed by atoms with Crippen molar-refractivity contribution in [3.05, 3.63) is 28.5 Å². The molecule has 0 bridgehead atoms. The first kappa shape index (κ1) is 15.3. The first-order valence-corrected chi connectivity index (χ1v) is 7.77. The third kappa shape index (κ3) is 4.20. The largest absolute Gasteiger partial charge is 0.481 e. The molecule has 0 spiro atoms. The van der Waals surface area contributed by atoms with Crippen LogP contribution >= 0.6 is 15.9 Å². The number of hydrogen-bond donors (Lipinski definition) is 0. The summed E-state index contributed by atoms with van der Waals surface area (Å²) < 4.78 is 19.5. The highest BCUT2D eigenvalue weighted by molar-refractivity contribution is 9.10. The van der Waals surface area contributed by atoms with E-state index in [9.17, 15) is 9.18 Å². The molecule has 1 aliphatic heterocycles. The second-order valence-corrected chi connectivity index (χ2v) is 6.02. The lowest BCUT2D eigenvalue weighted by Crippen LogP contribution is -2.41. The minimum Gasteiger partial charge on any atom is -0.481 e. The summed E-state index contributed by atoms with van der Waals surface area (Å²) in [6, 6.07) is 4.31. The molecule has 0 N–H and O–H groups in total. The summed E-state index contributed by atoms with van der Waals surface area (Å²) in [6.45, 7) is 3.30. The lowest BCUT2D eigenvalue weighted by molar-refractivity contribution is -0.137. The summed E-state index contributed by atoms with van der Waals surface area (Å²) in [4.78, 5) is 14.2. The van der Waals surface area contributed by atoms with Crippen molar-refractivity contribution in [2.75, 3.05) is 13.1 Å². The highest BCUT2D eigenvalue weighted by Crippen LogP contribution is 2.22. The second kappa shape index (κ2) is 7.07. The van der Waals surface area contributed by atoms with Crippen LogP contribution in [0.15, 0.2) is 22.7 Å². The van der Waals surface area contributed by atoms with Crippen LogP contribution in [0.1, 0.15) is 32.6 Å². The van der Waals surface area contributed by atoms with Crippen molar-refractivity contribution in [3.63, 3.8) is 0 Å². The normalized spacial score (nSPS) is 17.4. The number of ether oxygens (including phenoxy) is 1. The third-order valence-electron chi connectivity index (χ3n) is 3.41. The molecule has 1 unspecified atom stereocenters. The van der Waals surface area contributed by atoms with E-state index in [1.54, 1.807) is 13.0 Å². The lowest BCUT2D eigenvalue weighted by atomic mass is 10.2. The van der Waals surface area contributed by atoms with Gasteiger partial charge in [0.2, 0.25) is 0 Å². The standard InChI is InChI=1S/C15H19BrFNO2/c1-11(15(19)18-6-4-2-3-5-7-18)20-14-9-12(16)8-13(17)10-14/h8-11H,2-7H2,1H3. The quantitative estimate of drug-likeness (QED) is 0.836. The van der Waals surface area contributed by atoms with E-state index in [0.29, 0.717) is 10.2 Å².